The van der Waals surface area contributed by atoms with Crippen molar-refractivity contribution in [2.75, 3.05) is 25.2 Å². The number of hydrogen-bond acceptors (Lipinski definition) is 15. The van der Waals surface area contributed by atoms with Crippen molar-refractivity contribution in [3.8, 4) is 0 Å². The molecule has 0 radical (unpaired) electrons. The zero-order chi connectivity index (χ0) is 29.8. The SMILES string of the molecule is CO[C@@H]1[C@@H]2OP(=O)(O)OC[C@H]3O[C@@H](n4cnc5c(N)ncnc54)C[C@@H]3OP(=O)(O)SC[C@H]2O[C@H]1n1ccc(=O)[nH]c1=O. The van der Waals surface area contributed by atoms with Gasteiger partial charge >= 0.3 is 20.3 Å². The van der Waals surface area contributed by atoms with Gasteiger partial charge in [0.2, 0.25) is 0 Å². The molecular weight excluding hydrogens is 624 g/mol. The number of nitrogen functional groups attached to an aromatic ring is 1. The highest BCUT2D eigenvalue weighted by Crippen LogP contribution is 2.60. The maximum atomic E-state index is 13.2. The van der Waals surface area contributed by atoms with Crippen LogP contribution in [0.4, 0.5) is 5.82 Å². The average Bonchev–Trinajstić information content (AvgIpc) is 3.61. The number of phosphoric acid groups is 1. The highest BCUT2D eigenvalue weighted by molar-refractivity contribution is 8.54. The lowest BCUT2D eigenvalue weighted by atomic mass is 10.1. The van der Waals surface area contributed by atoms with Gasteiger partial charge < -0.3 is 29.7 Å². The van der Waals surface area contributed by atoms with Crippen LogP contribution in [0.5, 0.6) is 0 Å². The predicted molar refractivity (Wildman–Crippen MR) is 142 cm³/mol. The van der Waals surface area contributed by atoms with Gasteiger partial charge in [-0.15, -0.1) is 0 Å². The molecule has 22 heteroatoms. The number of hydrogen-bond donors (Lipinski definition) is 4. The van der Waals surface area contributed by atoms with Crippen LogP contribution in [0.1, 0.15) is 18.9 Å². The van der Waals surface area contributed by atoms with E-state index in [2.05, 4.69) is 19.9 Å². The van der Waals surface area contributed by atoms with Gasteiger partial charge in [0.25, 0.3) is 5.56 Å². The minimum atomic E-state index is -4.84. The normalized spacial score (nSPS) is 37.5. The van der Waals surface area contributed by atoms with Crippen molar-refractivity contribution in [3.63, 3.8) is 0 Å². The molecular formula is C20H25N7O12P2S. The number of methoxy groups -OCH3 is 1. The number of rotatable bonds is 3. The summed E-state index contributed by atoms with van der Waals surface area (Å²) >= 11 is 0.497. The summed E-state index contributed by atoms with van der Waals surface area (Å²) in [7, 11) is -3.59. The quantitative estimate of drug-likeness (QED) is 0.270. The molecule has 0 aromatic carbocycles. The summed E-state index contributed by atoms with van der Waals surface area (Å²) in [6, 6.07) is 1.08. The number of aromatic nitrogens is 6. The number of phosphoric ester groups is 1. The maximum absolute atomic E-state index is 13.2. The van der Waals surface area contributed by atoms with Crippen molar-refractivity contribution in [1.29, 1.82) is 0 Å². The van der Waals surface area contributed by atoms with Crippen LogP contribution in [-0.2, 0) is 36.9 Å². The fraction of sp³-hybridized carbons (Fsp3) is 0.550. The van der Waals surface area contributed by atoms with Crippen molar-refractivity contribution in [3.05, 3.63) is 45.8 Å². The van der Waals surface area contributed by atoms with Gasteiger partial charge in [0.1, 0.15) is 42.5 Å². The molecule has 3 aliphatic rings. The van der Waals surface area contributed by atoms with E-state index in [1.807, 2.05) is 0 Å². The summed E-state index contributed by atoms with van der Waals surface area (Å²) in [6.07, 6.45) is -4.02. The van der Waals surface area contributed by atoms with Crippen molar-refractivity contribution in [2.24, 2.45) is 0 Å². The third-order valence-corrected chi connectivity index (χ3v) is 10.9. The molecule has 9 atom stereocenters. The molecule has 0 amide bonds. The van der Waals surface area contributed by atoms with E-state index in [1.165, 1.54) is 24.3 Å². The van der Waals surface area contributed by atoms with E-state index in [9.17, 15) is 28.5 Å². The summed E-state index contributed by atoms with van der Waals surface area (Å²) in [5, 5.41) is 0. The minimum Gasteiger partial charge on any atom is -0.382 e. The fourth-order valence-corrected chi connectivity index (χ4v) is 8.71. The Morgan fingerprint density at radius 3 is 2.69 bits per heavy atom. The molecule has 228 valence electrons. The molecule has 6 heterocycles. The Balaban J connectivity index is 1.27. The molecule has 3 saturated heterocycles. The Labute approximate surface area is 239 Å². The van der Waals surface area contributed by atoms with Gasteiger partial charge in [0.15, 0.2) is 17.7 Å². The summed E-state index contributed by atoms with van der Waals surface area (Å²) < 4.78 is 62.5. The van der Waals surface area contributed by atoms with E-state index in [1.54, 1.807) is 0 Å². The van der Waals surface area contributed by atoms with Crippen LogP contribution in [0.25, 0.3) is 11.2 Å². The van der Waals surface area contributed by atoms with E-state index >= 15 is 0 Å². The van der Waals surface area contributed by atoms with Crippen molar-refractivity contribution >= 4 is 43.0 Å². The van der Waals surface area contributed by atoms with Gasteiger partial charge in [-0.1, -0.05) is 0 Å². The van der Waals surface area contributed by atoms with E-state index in [0.29, 0.717) is 22.5 Å². The van der Waals surface area contributed by atoms with Crippen LogP contribution in [-0.4, -0.2) is 88.8 Å². The second-order valence-corrected chi connectivity index (χ2v) is 14.8. The Morgan fingerprint density at radius 2 is 1.93 bits per heavy atom. The van der Waals surface area contributed by atoms with Crippen molar-refractivity contribution in [1.82, 2.24) is 29.1 Å². The number of nitrogens with one attached hydrogen (secondary N) is 1. The van der Waals surface area contributed by atoms with Crippen molar-refractivity contribution in [2.45, 2.75) is 49.4 Å². The standard InChI is InChI=1S/C20H25N7O12P2S/c1-34-16-15-11(37-19(16)26-3-2-12(28)25-20(26)29)6-42-41(32,33)38-9-4-13(36-10(9)5-35-40(30,31)39-15)27-8-24-14-17(21)22-7-23-18(14)27/h2-3,7-11,13,15-16,19H,4-6H2,1H3,(H,30,31)(H,32,33)(H2,21,22,23)(H,25,28,29)/t9-,10+,11+,13+,15+,16+,19+/m0/s1. The molecule has 42 heavy (non-hydrogen) atoms. The predicted octanol–water partition coefficient (Wildman–Crippen LogP) is -0.107. The molecule has 5 N–H and O–H groups in total. The fourth-order valence-electron chi connectivity index (χ4n) is 5.01. The summed E-state index contributed by atoms with van der Waals surface area (Å²) in [6.45, 7) is -4.97. The van der Waals surface area contributed by atoms with Gasteiger partial charge in [-0.25, -0.2) is 28.9 Å². The van der Waals surface area contributed by atoms with Crippen molar-refractivity contribution < 1.29 is 46.7 Å². The average molecular weight is 649 g/mol. The lowest BCUT2D eigenvalue weighted by Crippen LogP contribution is -2.40. The monoisotopic (exact) mass is 649 g/mol. The number of anilines is 1. The Hall–Kier alpha value is -2.48. The first kappa shape index (κ1) is 29.6. The number of aromatic amines is 1. The molecule has 3 aliphatic heterocycles. The maximum Gasteiger partial charge on any atom is 0.472 e. The molecule has 0 aliphatic carbocycles. The van der Waals surface area contributed by atoms with Gasteiger partial charge in [0.05, 0.1) is 19.0 Å². The zero-order valence-corrected chi connectivity index (χ0v) is 24.2. The molecule has 19 nitrogen and oxygen atoms in total. The number of fused-ring (bicyclic) bond motifs is 3. The molecule has 0 spiro atoms. The minimum absolute atomic E-state index is 0.0244. The number of H-pyrrole nitrogens is 1. The summed E-state index contributed by atoms with van der Waals surface area (Å²) in [4.78, 5) is 59.7. The van der Waals surface area contributed by atoms with Gasteiger partial charge in [-0.3, -0.25) is 32.5 Å². The van der Waals surface area contributed by atoms with Crippen LogP contribution in [0.2, 0.25) is 0 Å². The smallest absolute Gasteiger partial charge is 0.382 e. The Morgan fingerprint density at radius 1 is 1.12 bits per heavy atom. The summed E-state index contributed by atoms with van der Waals surface area (Å²) in [5.74, 6) is -0.135. The first-order chi connectivity index (χ1) is 19.9. The number of nitrogens with zero attached hydrogens (tertiary/aromatic N) is 5. The van der Waals surface area contributed by atoms with Crippen LogP contribution in [0.3, 0.4) is 0 Å². The van der Waals surface area contributed by atoms with E-state index in [-0.39, 0.29) is 18.0 Å². The Kier molecular flexibility index (Phi) is 7.90. The molecule has 2 unspecified atom stereocenters. The summed E-state index contributed by atoms with van der Waals surface area (Å²) in [5.41, 5.74) is 5.04. The third kappa shape index (κ3) is 5.72. The Bertz CT molecular complexity index is 1700. The zero-order valence-electron chi connectivity index (χ0n) is 21.6. The second kappa shape index (κ2) is 11.2. The topological polar surface area (TPSA) is 254 Å². The molecule has 3 fully saturated rings. The lowest BCUT2D eigenvalue weighted by Gasteiger charge is -2.28. The molecule has 3 aromatic heterocycles. The number of nitrogens with two attached hydrogens (primary N) is 1. The number of ether oxygens (including phenoxy) is 3. The molecule has 6 rings (SSSR count). The van der Waals surface area contributed by atoms with Crippen LogP contribution < -0.4 is 17.0 Å². The van der Waals surface area contributed by atoms with Crippen LogP contribution in [0, 0.1) is 0 Å². The molecule has 0 saturated carbocycles. The van der Waals surface area contributed by atoms with Gasteiger partial charge in [-0.2, -0.15) is 0 Å². The van der Waals surface area contributed by atoms with Gasteiger partial charge in [-0.05, 0) is 11.4 Å². The largest absolute Gasteiger partial charge is 0.472 e. The highest BCUT2D eigenvalue weighted by Gasteiger charge is 2.52. The van der Waals surface area contributed by atoms with Crippen LogP contribution >= 0.6 is 26.0 Å². The molecule has 0 bridgehead atoms. The van der Waals surface area contributed by atoms with E-state index in [0.717, 1.165) is 16.8 Å². The second-order valence-electron chi connectivity index (χ2n) is 9.47. The first-order valence-corrected chi connectivity index (χ1v) is 17.0. The van der Waals surface area contributed by atoms with E-state index in [4.69, 9.17) is 33.5 Å². The molecule has 3 aromatic rings. The number of imidazole rings is 1. The van der Waals surface area contributed by atoms with Gasteiger partial charge in [0, 0.05) is 31.5 Å². The first-order valence-electron chi connectivity index (χ1n) is 12.3. The van der Waals surface area contributed by atoms with Crippen LogP contribution in [0.15, 0.2) is 34.5 Å². The van der Waals surface area contributed by atoms with E-state index < -0.39 is 75.5 Å². The highest BCUT2D eigenvalue weighted by atomic mass is 32.7. The third-order valence-electron chi connectivity index (χ3n) is 6.89. The lowest BCUT2D eigenvalue weighted by molar-refractivity contribution is -0.0549.